The van der Waals surface area contributed by atoms with E-state index in [9.17, 15) is 4.79 Å². The summed E-state index contributed by atoms with van der Waals surface area (Å²) in [5.74, 6) is 1.29. The maximum absolute atomic E-state index is 12.9. The monoisotopic (exact) mass is 514 g/mol. The number of nitrogens with zero attached hydrogens (tertiary/aromatic N) is 4. The molecule has 1 fully saturated rings. The maximum atomic E-state index is 12.9. The molecule has 3 aromatic rings. The standard InChI is InChI=1S/C30H34N4O2S/c1-22(2)16-19-36-26-14-12-23(13-15-26)28-24(21-34(32-28)25-10-6-5-7-11-25)20-27-29(35)31-30(37-27)33-17-8-3-4-9-18-33/h5-7,10-15,20-22H,3-4,8-9,16-19H2,1-2H3/b27-20-. The molecule has 0 spiro atoms. The van der Waals surface area contributed by atoms with Crippen LogP contribution in [-0.4, -0.2) is 45.5 Å². The Kier molecular flexibility index (Phi) is 8.09. The van der Waals surface area contributed by atoms with Crippen molar-refractivity contribution in [3.8, 4) is 22.7 Å². The minimum absolute atomic E-state index is 0.170. The lowest BCUT2D eigenvalue weighted by atomic mass is 10.1. The molecule has 2 aromatic carbocycles. The topological polar surface area (TPSA) is 59.7 Å². The van der Waals surface area contributed by atoms with Gasteiger partial charge in [0.05, 0.1) is 22.9 Å². The second kappa shape index (κ2) is 11.8. The van der Waals surface area contributed by atoms with Gasteiger partial charge in [0.25, 0.3) is 5.91 Å². The van der Waals surface area contributed by atoms with Crippen molar-refractivity contribution in [3.63, 3.8) is 0 Å². The van der Waals surface area contributed by atoms with E-state index in [1.807, 2.05) is 71.6 Å². The molecular weight excluding hydrogens is 480 g/mol. The van der Waals surface area contributed by atoms with Crippen LogP contribution in [0.5, 0.6) is 5.75 Å². The number of rotatable bonds is 7. The number of amidine groups is 1. The number of likely N-dealkylation sites (tertiary alicyclic amines) is 1. The van der Waals surface area contributed by atoms with Crippen LogP contribution in [0.1, 0.15) is 51.5 Å². The molecule has 2 aliphatic rings. The van der Waals surface area contributed by atoms with Crippen LogP contribution in [0.2, 0.25) is 0 Å². The van der Waals surface area contributed by atoms with E-state index in [0.29, 0.717) is 17.4 Å². The van der Waals surface area contributed by atoms with E-state index < -0.39 is 0 Å². The number of hydrogen-bond donors (Lipinski definition) is 0. The van der Waals surface area contributed by atoms with Crippen molar-refractivity contribution in [1.82, 2.24) is 14.7 Å². The highest BCUT2D eigenvalue weighted by molar-refractivity contribution is 8.18. The molecule has 7 heteroatoms. The predicted molar refractivity (Wildman–Crippen MR) is 152 cm³/mol. The Bertz CT molecular complexity index is 1270. The van der Waals surface area contributed by atoms with Gasteiger partial charge in [0.2, 0.25) is 0 Å². The Balaban J connectivity index is 1.42. The summed E-state index contributed by atoms with van der Waals surface area (Å²) in [6.07, 6.45) is 9.74. The van der Waals surface area contributed by atoms with Gasteiger partial charge in [-0.05, 0) is 79.4 Å². The second-order valence-electron chi connectivity index (χ2n) is 9.98. The number of carbonyl (C=O) groups is 1. The lowest BCUT2D eigenvalue weighted by molar-refractivity contribution is -0.113. The van der Waals surface area contributed by atoms with Crippen LogP contribution in [0, 0.1) is 5.92 Å². The summed E-state index contributed by atoms with van der Waals surface area (Å²) < 4.78 is 7.78. The first-order chi connectivity index (χ1) is 18.1. The van der Waals surface area contributed by atoms with Crippen LogP contribution in [0.4, 0.5) is 0 Å². The average Bonchev–Trinajstić information content (AvgIpc) is 3.37. The summed E-state index contributed by atoms with van der Waals surface area (Å²) in [4.78, 5) is 20.2. The number of aromatic nitrogens is 2. The largest absolute Gasteiger partial charge is 0.494 e. The smallest absolute Gasteiger partial charge is 0.286 e. The Morgan fingerprint density at radius 1 is 1.00 bits per heavy atom. The molecule has 0 saturated carbocycles. The van der Waals surface area contributed by atoms with Crippen molar-refractivity contribution in [2.45, 2.75) is 46.0 Å². The number of hydrogen-bond acceptors (Lipinski definition) is 5. The Morgan fingerprint density at radius 2 is 1.73 bits per heavy atom. The maximum Gasteiger partial charge on any atom is 0.286 e. The molecule has 2 aliphatic heterocycles. The third kappa shape index (κ3) is 6.34. The van der Waals surface area contributed by atoms with Gasteiger partial charge in [-0.3, -0.25) is 4.79 Å². The van der Waals surface area contributed by atoms with Gasteiger partial charge in [0, 0.05) is 30.4 Å². The molecule has 0 atom stereocenters. The van der Waals surface area contributed by atoms with Crippen LogP contribution < -0.4 is 4.74 Å². The molecule has 0 aliphatic carbocycles. The highest BCUT2D eigenvalue weighted by Gasteiger charge is 2.27. The van der Waals surface area contributed by atoms with Crippen LogP contribution in [0.3, 0.4) is 0 Å². The van der Waals surface area contributed by atoms with Crippen molar-refractivity contribution in [1.29, 1.82) is 0 Å². The molecule has 6 nitrogen and oxygen atoms in total. The van der Waals surface area contributed by atoms with E-state index >= 15 is 0 Å². The molecule has 192 valence electrons. The first-order valence-corrected chi connectivity index (χ1v) is 14.0. The molecule has 1 saturated heterocycles. The third-order valence-corrected chi connectivity index (χ3v) is 7.67. The van der Waals surface area contributed by atoms with Gasteiger partial charge < -0.3 is 9.64 Å². The van der Waals surface area contributed by atoms with E-state index in [-0.39, 0.29) is 5.91 Å². The van der Waals surface area contributed by atoms with Crippen LogP contribution >= 0.6 is 11.8 Å². The van der Waals surface area contributed by atoms with Gasteiger partial charge in [-0.15, -0.1) is 0 Å². The summed E-state index contributed by atoms with van der Waals surface area (Å²) in [7, 11) is 0. The Hall–Kier alpha value is -3.32. The Labute approximate surface area is 223 Å². The van der Waals surface area contributed by atoms with E-state index in [1.165, 1.54) is 24.6 Å². The number of amides is 1. The summed E-state index contributed by atoms with van der Waals surface area (Å²) in [5.41, 5.74) is 3.65. The van der Waals surface area contributed by atoms with Gasteiger partial charge in [0.15, 0.2) is 5.17 Å². The molecule has 0 N–H and O–H groups in total. The molecule has 0 radical (unpaired) electrons. The zero-order valence-electron chi connectivity index (χ0n) is 21.6. The van der Waals surface area contributed by atoms with Gasteiger partial charge in [0.1, 0.15) is 5.75 Å². The number of thioether (sulfide) groups is 1. The second-order valence-corrected chi connectivity index (χ2v) is 11.0. The molecule has 5 rings (SSSR count). The highest BCUT2D eigenvalue weighted by atomic mass is 32.2. The zero-order chi connectivity index (χ0) is 25.6. The molecule has 1 aromatic heterocycles. The van der Waals surface area contributed by atoms with E-state index in [1.54, 1.807) is 0 Å². The van der Waals surface area contributed by atoms with Crippen LogP contribution in [0.15, 0.2) is 70.7 Å². The number of ether oxygens (including phenoxy) is 1. The van der Waals surface area contributed by atoms with Crippen molar-refractivity contribution in [2.75, 3.05) is 19.7 Å². The summed E-state index contributed by atoms with van der Waals surface area (Å²) in [5, 5.41) is 5.75. The fraction of sp³-hybridized carbons (Fsp3) is 0.367. The number of benzene rings is 2. The van der Waals surface area contributed by atoms with Crippen molar-refractivity contribution < 1.29 is 9.53 Å². The minimum atomic E-state index is -0.170. The van der Waals surface area contributed by atoms with Gasteiger partial charge >= 0.3 is 0 Å². The normalized spacial score (nSPS) is 17.4. The van der Waals surface area contributed by atoms with E-state index in [4.69, 9.17) is 9.84 Å². The van der Waals surface area contributed by atoms with E-state index in [0.717, 1.165) is 65.8 Å². The fourth-order valence-corrected chi connectivity index (χ4v) is 5.44. The summed E-state index contributed by atoms with van der Waals surface area (Å²) >= 11 is 1.48. The molecule has 0 unspecified atom stereocenters. The van der Waals surface area contributed by atoms with Crippen LogP contribution in [0.25, 0.3) is 23.0 Å². The van der Waals surface area contributed by atoms with Gasteiger partial charge in [-0.1, -0.05) is 44.9 Å². The van der Waals surface area contributed by atoms with Gasteiger partial charge in [-0.25, -0.2) is 4.68 Å². The predicted octanol–water partition coefficient (Wildman–Crippen LogP) is 6.81. The fourth-order valence-electron chi connectivity index (χ4n) is 4.49. The number of carbonyl (C=O) groups excluding carboxylic acids is 1. The minimum Gasteiger partial charge on any atom is -0.494 e. The third-order valence-electron chi connectivity index (χ3n) is 6.63. The first kappa shape index (κ1) is 25.3. The number of para-hydroxylation sites is 1. The van der Waals surface area contributed by atoms with Crippen molar-refractivity contribution in [2.24, 2.45) is 10.9 Å². The summed E-state index contributed by atoms with van der Waals surface area (Å²) in [6.45, 7) is 7.03. The van der Waals surface area contributed by atoms with Gasteiger partial charge in [-0.2, -0.15) is 10.1 Å². The lowest BCUT2D eigenvalue weighted by Crippen LogP contribution is -2.28. The Morgan fingerprint density at radius 3 is 2.43 bits per heavy atom. The molecular formula is C30H34N4O2S. The zero-order valence-corrected chi connectivity index (χ0v) is 22.4. The quantitative estimate of drug-likeness (QED) is 0.324. The lowest BCUT2D eigenvalue weighted by Gasteiger charge is -2.20. The molecule has 37 heavy (non-hydrogen) atoms. The van der Waals surface area contributed by atoms with Crippen molar-refractivity contribution >= 4 is 28.9 Å². The highest BCUT2D eigenvalue weighted by Crippen LogP contribution is 2.34. The first-order valence-electron chi connectivity index (χ1n) is 13.2. The SMILES string of the molecule is CC(C)CCOc1ccc(-c2nn(-c3ccccc3)cc2/C=C2\SC(N3CCCCCC3)=NC2=O)cc1. The van der Waals surface area contributed by atoms with E-state index in [2.05, 4.69) is 23.7 Å². The number of aliphatic imine (C=N–C) groups is 1. The average molecular weight is 515 g/mol. The molecule has 1 amide bonds. The summed E-state index contributed by atoms with van der Waals surface area (Å²) in [6, 6.07) is 18.1. The van der Waals surface area contributed by atoms with Crippen LogP contribution in [-0.2, 0) is 4.79 Å². The molecule has 3 heterocycles. The van der Waals surface area contributed by atoms with Crippen molar-refractivity contribution in [3.05, 3.63) is 71.3 Å². The molecule has 0 bridgehead atoms.